The maximum absolute atomic E-state index is 6.60. The third kappa shape index (κ3) is 7.26. The SMILES string of the molecule is C=C=C=C/C=C(\C)c1cc2c3c(c1)N(c1ccc(C(C)(C)C)cc1)c1c(sc4cc5c(cc14)C(C)=C(/C=C\C=C)C5(C)C)B3/C(=C/C(=C\C)C(C)(C)C)C(=C)N2c1cccc2oc3ccccc3c12. The standard InChI is InChI=1S/C64H61BN2OS/c1-15-18-20-24-39(4)42-34-53-59-54(35-42)67(45-32-30-44(31-33-45)63(10,11)12)60-48-37-47-40(5)49(26-19-16-2)64(13,14)50(47)38-57(48)69-61(60)65(59)51(36-43(17-3)62(7,8)9)41(6)66(53)52-27-23-29-56-58(52)46-25-21-22-28-55(46)68-56/h16-17,19-38H,1-2,6H2,3-5,7-14H3/b26-19-,39-24+,43-17+,51-36+. The number of thiophene rings is 1. The van der Waals surface area contributed by atoms with Crippen LogP contribution in [-0.2, 0) is 10.8 Å². The second-order valence-electron chi connectivity index (χ2n) is 21.4. The normalized spacial score (nSPS) is 16.5. The summed E-state index contributed by atoms with van der Waals surface area (Å²) in [5.41, 5.74) is 26.3. The van der Waals surface area contributed by atoms with Crippen LogP contribution in [0.1, 0.15) is 98.4 Å². The van der Waals surface area contributed by atoms with Crippen molar-refractivity contribution in [1.82, 2.24) is 0 Å². The summed E-state index contributed by atoms with van der Waals surface area (Å²) < 4.78 is 9.19. The van der Waals surface area contributed by atoms with E-state index in [9.17, 15) is 0 Å². The zero-order chi connectivity index (χ0) is 48.9. The van der Waals surface area contributed by atoms with Gasteiger partial charge in [-0.2, -0.15) is 0 Å². The number of para-hydroxylation sites is 1. The first-order valence-electron chi connectivity index (χ1n) is 24.2. The quantitative estimate of drug-likeness (QED) is 0.0902. The molecule has 0 fully saturated rings. The molecule has 0 radical (unpaired) electrons. The van der Waals surface area contributed by atoms with Gasteiger partial charge in [0.05, 0.1) is 16.8 Å². The summed E-state index contributed by atoms with van der Waals surface area (Å²) in [4.78, 5) is 5.01. The fraction of sp³-hybridized carbons (Fsp3) is 0.219. The molecule has 4 heterocycles. The van der Waals surface area contributed by atoms with Gasteiger partial charge in [-0.1, -0.05) is 153 Å². The van der Waals surface area contributed by atoms with Crippen molar-refractivity contribution in [3.05, 3.63) is 209 Å². The van der Waals surface area contributed by atoms with Gasteiger partial charge in [-0.15, -0.1) is 11.3 Å². The Balaban J connectivity index is 1.38. The Hall–Kier alpha value is -7.00. The van der Waals surface area contributed by atoms with E-state index >= 15 is 0 Å². The lowest BCUT2D eigenvalue weighted by Crippen LogP contribution is -2.55. The lowest BCUT2D eigenvalue weighted by atomic mass is 9.35. The first-order valence-corrected chi connectivity index (χ1v) is 25.0. The molecule has 0 unspecified atom stereocenters. The van der Waals surface area contributed by atoms with Gasteiger partial charge in [0, 0.05) is 48.4 Å². The van der Waals surface area contributed by atoms with Crippen molar-refractivity contribution in [2.24, 2.45) is 5.41 Å². The molecule has 10 rings (SSSR count). The van der Waals surface area contributed by atoms with Gasteiger partial charge in [0.15, 0.2) is 0 Å². The molecular formula is C64H61BN2OS. The minimum Gasteiger partial charge on any atom is -0.456 e. The molecular weight excluding hydrogens is 856 g/mol. The Morgan fingerprint density at radius 3 is 2.25 bits per heavy atom. The van der Waals surface area contributed by atoms with Gasteiger partial charge in [-0.05, 0) is 154 Å². The molecule has 5 aromatic carbocycles. The Morgan fingerprint density at radius 1 is 0.855 bits per heavy atom. The second-order valence-corrected chi connectivity index (χ2v) is 22.5. The van der Waals surface area contributed by atoms with Crippen LogP contribution in [0.5, 0.6) is 0 Å². The maximum atomic E-state index is 6.60. The van der Waals surface area contributed by atoms with Gasteiger partial charge in [0.1, 0.15) is 11.2 Å². The van der Waals surface area contributed by atoms with Gasteiger partial charge < -0.3 is 14.2 Å². The van der Waals surface area contributed by atoms with Crippen molar-refractivity contribution < 1.29 is 4.42 Å². The van der Waals surface area contributed by atoms with Crippen LogP contribution in [0.4, 0.5) is 28.4 Å². The molecule has 69 heavy (non-hydrogen) atoms. The van der Waals surface area contributed by atoms with E-state index in [2.05, 4.69) is 226 Å². The highest BCUT2D eigenvalue weighted by atomic mass is 32.1. The molecule has 0 saturated carbocycles. The molecule has 0 saturated heterocycles. The third-order valence-electron chi connectivity index (χ3n) is 14.8. The van der Waals surface area contributed by atoms with E-state index in [0.717, 1.165) is 61.5 Å². The van der Waals surface area contributed by atoms with E-state index in [4.69, 9.17) is 11.0 Å². The summed E-state index contributed by atoms with van der Waals surface area (Å²) in [6, 6.07) is 33.9. The summed E-state index contributed by atoms with van der Waals surface area (Å²) in [5.74, 6) is 0. The van der Waals surface area contributed by atoms with E-state index in [1.165, 1.54) is 64.9 Å². The van der Waals surface area contributed by atoms with Gasteiger partial charge in [-0.25, -0.2) is 0 Å². The van der Waals surface area contributed by atoms with Crippen molar-refractivity contribution >= 4 is 99.9 Å². The van der Waals surface area contributed by atoms with Gasteiger partial charge in [0.25, 0.3) is 6.71 Å². The molecule has 2 aromatic heterocycles. The largest absolute Gasteiger partial charge is 0.456 e. The number of hydrogen-bond acceptors (Lipinski definition) is 4. The molecule has 0 atom stereocenters. The fourth-order valence-electron chi connectivity index (χ4n) is 11.1. The van der Waals surface area contributed by atoms with Gasteiger partial charge in [0.2, 0.25) is 0 Å². The molecule has 0 amide bonds. The highest BCUT2D eigenvalue weighted by Gasteiger charge is 2.48. The minimum atomic E-state index is -0.180. The number of allylic oxidation sites excluding steroid dienone is 12. The van der Waals surface area contributed by atoms with E-state index in [0.29, 0.717) is 0 Å². The van der Waals surface area contributed by atoms with Gasteiger partial charge in [-0.3, -0.25) is 0 Å². The number of rotatable bonds is 7. The van der Waals surface area contributed by atoms with Crippen molar-refractivity contribution in [3.8, 4) is 0 Å². The van der Waals surface area contributed by atoms with Crippen molar-refractivity contribution in [1.29, 1.82) is 0 Å². The lowest BCUT2D eigenvalue weighted by Gasteiger charge is -2.45. The predicted octanol–water partition coefficient (Wildman–Crippen LogP) is 17.3. The summed E-state index contributed by atoms with van der Waals surface area (Å²) in [6.45, 7) is 38.0. The number of hydrogen-bond donors (Lipinski definition) is 0. The average molecular weight is 917 g/mol. The van der Waals surface area contributed by atoms with Crippen molar-refractivity contribution in [2.75, 3.05) is 9.80 Å². The van der Waals surface area contributed by atoms with Crippen molar-refractivity contribution in [2.45, 2.75) is 87.0 Å². The predicted molar refractivity (Wildman–Crippen MR) is 302 cm³/mol. The molecule has 0 N–H and O–H groups in total. The molecule has 1 aliphatic carbocycles. The summed E-state index contributed by atoms with van der Waals surface area (Å²) in [5, 5.41) is 3.40. The van der Waals surface area contributed by atoms with E-state index in [1.54, 1.807) is 0 Å². The first-order chi connectivity index (χ1) is 32.9. The molecule has 3 nitrogen and oxygen atoms in total. The molecule has 0 spiro atoms. The molecule has 7 aromatic rings. The highest BCUT2D eigenvalue weighted by Crippen LogP contribution is 2.55. The number of benzene rings is 5. The Labute approximate surface area is 413 Å². The van der Waals surface area contributed by atoms with E-state index in [-0.39, 0.29) is 23.0 Å². The van der Waals surface area contributed by atoms with Gasteiger partial charge >= 0.3 is 0 Å². The number of nitrogens with zero attached hydrogens (tertiary/aromatic N) is 2. The van der Waals surface area contributed by atoms with Crippen molar-refractivity contribution in [3.63, 3.8) is 0 Å². The van der Waals surface area contributed by atoms with Crippen LogP contribution >= 0.6 is 11.3 Å². The fourth-order valence-corrected chi connectivity index (χ4v) is 12.5. The summed E-state index contributed by atoms with van der Waals surface area (Å²) in [7, 11) is 0. The lowest BCUT2D eigenvalue weighted by molar-refractivity contribution is 0.516. The third-order valence-corrected chi connectivity index (χ3v) is 16.0. The maximum Gasteiger partial charge on any atom is 0.264 e. The van der Waals surface area contributed by atoms with E-state index in [1.807, 2.05) is 29.6 Å². The number of anilines is 5. The Kier molecular flexibility index (Phi) is 11.0. The molecule has 2 aliphatic heterocycles. The molecule has 5 heteroatoms. The monoisotopic (exact) mass is 916 g/mol. The summed E-state index contributed by atoms with van der Waals surface area (Å²) >= 11 is 1.94. The molecule has 342 valence electrons. The number of fused-ring (bicyclic) bond motifs is 8. The number of furan rings is 1. The summed E-state index contributed by atoms with van der Waals surface area (Å²) in [6.07, 6.45) is 15.0. The first kappa shape index (κ1) is 45.8. The van der Waals surface area contributed by atoms with Crippen LogP contribution in [0.3, 0.4) is 0 Å². The second kappa shape index (κ2) is 16.6. The van der Waals surface area contributed by atoms with Crippen LogP contribution in [0.15, 0.2) is 191 Å². The minimum absolute atomic E-state index is 0.00842. The zero-order valence-electron chi connectivity index (χ0n) is 42.1. The zero-order valence-corrected chi connectivity index (χ0v) is 42.9. The Bertz CT molecular complexity index is 3600. The highest BCUT2D eigenvalue weighted by molar-refractivity contribution is 7.33. The van der Waals surface area contributed by atoms with Crippen LogP contribution < -0.4 is 20.0 Å². The van der Waals surface area contributed by atoms with Crippen LogP contribution in [0.25, 0.3) is 43.2 Å². The topological polar surface area (TPSA) is 19.6 Å². The van der Waals surface area contributed by atoms with Crippen LogP contribution in [0, 0.1) is 5.41 Å². The Morgan fingerprint density at radius 2 is 1.57 bits per heavy atom. The average Bonchev–Trinajstić information content (AvgIpc) is 3.94. The smallest absolute Gasteiger partial charge is 0.264 e. The van der Waals surface area contributed by atoms with Crippen LogP contribution in [0.2, 0.25) is 0 Å². The van der Waals surface area contributed by atoms with Crippen LogP contribution in [-0.4, -0.2) is 6.71 Å². The molecule has 0 bridgehead atoms. The molecule has 3 aliphatic rings. The van der Waals surface area contributed by atoms with E-state index < -0.39 is 0 Å².